The Morgan fingerprint density at radius 2 is 1.87 bits per heavy atom. The van der Waals surface area contributed by atoms with Crippen molar-refractivity contribution in [3.63, 3.8) is 0 Å². The quantitative estimate of drug-likeness (QED) is 0.795. The molecule has 0 aliphatic carbocycles. The smallest absolute Gasteiger partial charge is 0.328 e. The number of aliphatic carboxylic acids is 1. The second-order valence-electron chi connectivity index (χ2n) is 5.22. The van der Waals surface area contributed by atoms with Crippen molar-refractivity contribution in [2.45, 2.75) is 13.0 Å². The van der Waals surface area contributed by atoms with Crippen LogP contribution in [0.5, 0.6) is 0 Å². The molecule has 0 radical (unpaired) electrons. The maximum atomic E-state index is 12.6. The Morgan fingerprint density at radius 1 is 1.26 bits per heavy atom. The first-order valence-electron chi connectivity index (χ1n) is 7.31. The molecule has 1 amide bonds. The van der Waals surface area contributed by atoms with Crippen LogP contribution in [0.2, 0.25) is 0 Å². The molecule has 6 heteroatoms. The Morgan fingerprint density at radius 3 is 2.43 bits per heavy atom. The van der Waals surface area contributed by atoms with Crippen LogP contribution < -0.4 is 5.73 Å². The van der Waals surface area contributed by atoms with Crippen molar-refractivity contribution in [3.05, 3.63) is 42.0 Å². The number of rotatable bonds is 6. The number of carboxylic acids is 1. The molecule has 1 atom stereocenters. The summed E-state index contributed by atoms with van der Waals surface area (Å²) in [7, 11) is 1.44. The first kappa shape index (κ1) is 16.8. The lowest BCUT2D eigenvalue weighted by molar-refractivity contribution is -0.144. The van der Waals surface area contributed by atoms with Gasteiger partial charge in [0.15, 0.2) is 6.04 Å². The molecule has 23 heavy (non-hydrogen) atoms. The maximum absolute atomic E-state index is 12.6. The number of nitrogen functional groups attached to an aromatic ring is 1. The van der Waals surface area contributed by atoms with Crippen LogP contribution in [0, 0.1) is 0 Å². The number of carbonyl (C=O) groups is 2. The maximum Gasteiger partial charge on any atom is 0.328 e. The highest BCUT2D eigenvalue weighted by Gasteiger charge is 2.28. The average molecular weight is 316 g/mol. The molecule has 3 N–H and O–H groups in total. The van der Waals surface area contributed by atoms with Crippen LogP contribution in [0.25, 0.3) is 10.8 Å². The molecule has 0 aliphatic rings. The summed E-state index contributed by atoms with van der Waals surface area (Å²) < 4.78 is 5.16. The molecule has 2 aromatic rings. The van der Waals surface area contributed by atoms with E-state index in [4.69, 9.17) is 10.5 Å². The average Bonchev–Trinajstić information content (AvgIpc) is 2.53. The fraction of sp³-hybridized carbons (Fsp3) is 0.294. The number of nitrogens with zero attached hydrogens (tertiary/aromatic N) is 1. The van der Waals surface area contributed by atoms with Crippen LogP contribution in [0.4, 0.5) is 5.69 Å². The number of carbonyl (C=O) groups excluding carboxylic acids is 1. The van der Waals surface area contributed by atoms with Gasteiger partial charge in [0.05, 0.1) is 12.2 Å². The molecule has 2 aromatic carbocycles. The van der Waals surface area contributed by atoms with Gasteiger partial charge >= 0.3 is 5.97 Å². The fourth-order valence-electron chi connectivity index (χ4n) is 2.35. The predicted molar refractivity (Wildman–Crippen MR) is 88.4 cm³/mol. The van der Waals surface area contributed by atoms with Gasteiger partial charge in [-0.15, -0.1) is 0 Å². The van der Waals surface area contributed by atoms with Gasteiger partial charge in [-0.2, -0.15) is 0 Å². The molecule has 0 saturated carbocycles. The van der Waals surface area contributed by atoms with E-state index >= 15 is 0 Å². The SMILES string of the molecule is CCOCC(C(=O)O)N(C)C(=O)c1cc2ccccc2cc1N. The Balaban J connectivity index is 2.34. The predicted octanol–water partition coefficient (Wildman–Crippen LogP) is 1.98. The summed E-state index contributed by atoms with van der Waals surface area (Å²) in [6, 6.07) is 9.87. The molecule has 0 saturated heterocycles. The number of benzene rings is 2. The highest BCUT2D eigenvalue weighted by Crippen LogP contribution is 2.23. The Labute approximate surface area is 134 Å². The van der Waals surface area contributed by atoms with Gasteiger partial charge < -0.3 is 20.5 Å². The zero-order chi connectivity index (χ0) is 17.0. The first-order valence-corrected chi connectivity index (χ1v) is 7.31. The number of hydrogen-bond acceptors (Lipinski definition) is 4. The van der Waals surface area contributed by atoms with E-state index in [0.717, 1.165) is 15.7 Å². The van der Waals surface area contributed by atoms with E-state index < -0.39 is 17.9 Å². The minimum absolute atomic E-state index is 0.0679. The van der Waals surface area contributed by atoms with Crippen molar-refractivity contribution in [2.24, 2.45) is 0 Å². The Bertz CT molecular complexity index is 730. The van der Waals surface area contributed by atoms with Crippen LogP contribution >= 0.6 is 0 Å². The molecule has 122 valence electrons. The largest absolute Gasteiger partial charge is 0.480 e. The summed E-state index contributed by atoms with van der Waals surface area (Å²) in [5.41, 5.74) is 6.58. The topological polar surface area (TPSA) is 92.9 Å². The third kappa shape index (κ3) is 3.60. The highest BCUT2D eigenvalue weighted by atomic mass is 16.5. The molecule has 0 aliphatic heterocycles. The monoisotopic (exact) mass is 316 g/mol. The molecule has 0 aromatic heterocycles. The van der Waals surface area contributed by atoms with E-state index in [2.05, 4.69) is 0 Å². The van der Waals surface area contributed by atoms with Crippen molar-refractivity contribution in [1.29, 1.82) is 0 Å². The summed E-state index contributed by atoms with van der Waals surface area (Å²) in [4.78, 5) is 25.2. The van der Waals surface area contributed by atoms with Crippen molar-refractivity contribution >= 4 is 28.3 Å². The standard InChI is InChI=1S/C17H20N2O4/c1-3-23-10-15(17(21)22)19(2)16(20)13-8-11-6-4-5-7-12(11)9-14(13)18/h4-9,15H,3,10,18H2,1-2H3,(H,21,22). The number of anilines is 1. The van der Waals surface area contributed by atoms with Crippen LogP contribution in [0.3, 0.4) is 0 Å². The van der Waals surface area contributed by atoms with Crippen molar-refractivity contribution in [1.82, 2.24) is 4.90 Å². The van der Waals surface area contributed by atoms with E-state index in [9.17, 15) is 14.7 Å². The lowest BCUT2D eigenvalue weighted by atomic mass is 10.0. The highest BCUT2D eigenvalue weighted by molar-refractivity contribution is 6.04. The molecule has 1 unspecified atom stereocenters. The number of fused-ring (bicyclic) bond motifs is 1. The van der Waals surface area contributed by atoms with E-state index in [0.29, 0.717) is 12.3 Å². The van der Waals surface area contributed by atoms with Gasteiger partial charge in [0.2, 0.25) is 0 Å². The third-order valence-corrected chi connectivity index (χ3v) is 3.70. The summed E-state index contributed by atoms with van der Waals surface area (Å²) in [6.07, 6.45) is 0. The Kier molecular flexibility index (Phi) is 5.18. The normalized spacial score (nSPS) is 12.1. The fourth-order valence-corrected chi connectivity index (χ4v) is 2.35. The molecular weight excluding hydrogens is 296 g/mol. The molecule has 6 nitrogen and oxygen atoms in total. The number of carboxylic acid groups (broad SMARTS) is 1. The van der Waals surface area contributed by atoms with Gasteiger partial charge in [0.1, 0.15) is 0 Å². The number of nitrogens with two attached hydrogens (primary N) is 1. The molecule has 2 rings (SSSR count). The minimum Gasteiger partial charge on any atom is -0.480 e. The molecular formula is C17H20N2O4. The second-order valence-corrected chi connectivity index (χ2v) is 5.22. The van der Waals surface area contributed by atoms with Crippen LogP contribution in [-0.2, 0) is 9.53 Å². The van der Waals surface area contributed by atoms with Gasteiger partial charge in [-0.25, -0.2) is 4.79 Å². The van der Waals surface area contributed by atoms with E-state index in [1.165, 1.54) is 7.05 Å². The van der Waals surface area contributed by atoms with Gasteiger partial charge in [-0.05, 0) is 29.8 Å². The lowest BCUT2D eigenvalue weighted by Gasteiger charge is -2.25. The molecule has 0 fully saturated rings. The summed E-state index contributed by atoms with van der Waals surface area (Å²) >= 11 is 0. The van der Waals surface area contributed by atoms with Crippen LogP contribution in [-0.4, -0.2) is 48.2 Å². The third-order valence-electron chi connectivity index (χ3n) is 3.70. The van der Waals surface area contributed by atoms with Crippen LogP contribution in [0.15, 0.2) is 36.4 Å². The van der Waals surface area contributed by atoms with Gasteiger partial charge in [-0.3, -0.25) is 4.79 Å². The molecule has 0 bridgehead atoms. The number of likely N-dealkylation sites (N-methyl/N-ethyl adjacent to an activating group) is 1. The first-order chi connectivity index (χ1) is 11.0. The summed E-state index contributed by atoms with van der Waals surface area (Å²) in [5.74, 6) is -1.56. The number of hydrogen-bond donors (Lipinski definition) is 2. The lowest BCUT2D eigenvalue weighted by Crippen LogP contribution is -2.45. The van der Waals surface area contributed by atoms with Gasteiger partial charge in [0, 0.05) is 19.3 Å². The van der Waals surface area contributed by atoms with Crippen LogP contribution in [0.1, 0.15) is 17.3 Å². The van der Waals surface area contributed by atoms with E-state index in [1.807, 2.05) is 24.3 Å². The van der Waals surface area contributed by atoms with Crippen molar-refractivity contribution in [2.75, 3.05) is 26.0 Å². The van der Waals surface area contributed by atoms with E-state index in [1.54, 1.807) is 19.1 Å². The Hall–Kier alpha value is -2.60. The van der Waals surface area contributed by atoms with Crippen molar-refractivity contribution in [3.8, 4) is 0 Å². The summed E-state index contributed by atoms with van der Waals surface area (Å²) in [6.45, 7) is 2.08. The minimum atomic E-state index is -1.12. The molecule has 0 spiro atoms. The number of amides is 1. The van der Waals surface area contributed by atoms with Crippen molar-refractivity contribution < 1.29 is 19.4 Å². The zero-order valence-electron chi connectivity index (χ0n) is 13.2. The molecule has 0 heterocycles. The zero-order valence-corrected chi connectivity index (χ0v) is 13.2. The van der Waals surface area contributed by atoms with Gasteiger partial charge in [-0.1, -0.05) is 24.3 Å². The van der Waals surface area contributed by atoms with Gasteiger partial charge in [0.25, 0.3) is 5.91 Å². The van der Waals surface area contributed by atoms with E-state index in [-0.39, 0.29) is 12.2 Å². The second kappa shape index (κ2) is 7.11. The number of ether oxygens (including phenoxy) is 1. The summed E-state index contributed by atoms with van der Waals surface area (Å²) in [5, 5.41) is 11.1.